The van der Waals surface area contributed by atoms with E-state index in [4.69, 9.17) is 14.2 Å². The molecule has 1 fully saturated rings. The number of ether oxygens (including phenoxy) is 3. The minimum Gasteiger partial charge on any atom is -0.503 e. The van der Waals surface area contributed by atoms with Crippen LogP contribution < -0.4 is 9.47 Å². The van der Waals surface area contributed by atoms with Crippen LogP contribution in [0.15, 0.2) is 47.0 Å². The summed E-state index contributed by atoms with van der Waals surface area (Å²) in [6.07, 6.45) is 1.63. The first-order valence-corrected chi connectivity index (χ1v) is 10.6. The van der Waals surface area contributed by atoms with Crippen LogP contribution in [0.2, 0.25) is 0 Å². The van der Waals surface area contributed by atoms with Gasteiger partial charge < -0.3 is 24.2 Å². The molecule has 158 valence electrons. The number of hydrogen-bond acceptors (Lipinski definition) is 7. The average Bonchev–Trinajstić information content (AvgIpc) is 3.52. The van der Waals surface area contributed by atoms with E-state index >= 15 is 0 Å². The maximum absolute atomic E-state index is 13.2. The van der Waals surface area contributed by atoms with Crippen molar-refractivity contribution in [1.82, 2.24) is 4.90 Å². The number of ketones is 1. The third kappa shape index (κ3) is 3.57. The fourth-order valence-corrected chi connectivity index (χ4v) is 4.67. The highest BCUT2D eigenvalue weighted by atomic mass is 32.1. The molecule has 0 spiro atoms. The van der Waals surface area contributed by atoms with E-state index in [1.165, 1.54) is 30.5 Å². The quantitative estimate of drug-likeness (QED) is 0.678. The van der Waals surface area contributed by atoms with E-state index in [9.17, 15) is 14.7 Å². The number of aliphatic hydroxyl groups excluding tert-OH is 1. The number of aliphatic hydroxyl groups is 1. The topological polar surface area (TPSA) is 85.3 Å². The van der Waals surface area contributed by atoms with E-state index in [0.29, 0.717) is 35.1 Å². The molecule has 1 amide bonds. The van der Waals surface area contributed by atoms with Crippen molar-refractivity contribution in [1.29, 1.82) is 0 Å². The van der Waals surface area contributed by atoms with Crippen molar-refractivity contribution in [3.63, 3.8) is 0 Å². The monoisotopic (exact) mass is 429 g/mol. The number of carbonyl (C=O) groups excluding carboxylic acids is 2. The third-order valence-corrected chi connectivity index (χ3v) is 6.31. The summed E-state index contributed by atoms with van der Waals surface area (Å²) in [5.74, 6) is -0.411. The fraction of sp³-hybridized carbons (Fsp3) is 0.364. The Kier molecular flexibility index (Phi) is 5.78. The van der Waals surface area contributed by atoms with Crippen LogP contribution >= 0.6 is 11.3 Å². The van der Waals surface area contributed by atoms with Crippen LogP contribution in [0.4, 0.5) is 0 Å². The van der Waals surface area contributed by atoms with Crippen molar-refractivity contribution in [3.8, 4) is 11.5 Å². The molecule has 0 unspecified atom stereocenters. The summed E-state index contributed by atoms with van der Waals surface area (Å²) in [5.41, 5.74) is 0.732. The van der Waals surface area contributed by atoms with Crippen LogP contribution in [-0.2, 0) is 9.53 Å². The summed E-state index contributed by atoms with van der Waals surface area (Å²) in [6, 6.07) is 7.96. The normalized spacial score (nSPS) is 21.4. The number of benzene rings is 1. The number of rotatable bonds is 7. The lowest BCUT2D eigenvalue weighted by atomic mass is 9.95. The predicted molar refractivity (Wildman–Crippen MR) is 111 cm³/mol. The Morgan fingerprint density at radius 3 is 2.70 bits per heavy atom. The van der Waals surface area contributed by atoms with E-state index in [1.807, 2.05) is 0 Å². The molecule has 4 rings (SSSR count). The van der Waals surface area contributed by atoms with E-state index in [1.54, 1.807) is 35.7 Å². The summed E-state index contributed by atoms with van der Waals surface area (Å²) < 4.78 is 16.4. The number of thiophene rings is 1. The van der Waals surface area contributed by atoms with Gasteiger partial charge in [-0.1, -0.05) is 12.1 Å². The van der Waals surface area contributed by atoms with E-state index in [0.717, 1.165) is 12.8 Å². The Labute approximate surface area is 178 Å². The number of methoxy groups -OCH3 is 2. The minimum atomic E-state index is -0.740. The lowest BCUT2D eigenvalue weighted by Crippen LogP contribution is -2.37. The number of amides is 1. The molecule has 8 heteroatoms. The van der Waals surface area contributed by atoms with Gasteiger partial charge >= 0.3 is 0 Å². The molecular weight excluding hydrogens is 406 g/mol. The molecule has 1 aromatic carbocycles. The van der Waals surface area contributed by atoms with Gasteiger partial charge in [0.1, 0.15) is 0 Å². The molecule has 1 aromatic heterocycles. The summed E-state index contributed by atoms with van der Waals surface area (Å²) in [4.78, 5) is 28.2. The van der Waals surface area contributed by atoms with Crippen molar-refractivity contribution >= 4 is 23.0 Å². The first-order valence-electron chi connectivity index (χ1n) is 9.71. The first kappa shape index (κ1) is 20.4. The molecule has 0 saturated carbocycles. The molecule has 30 heavy (non-hydrogen) atoms. The largest absolute Gasteiger partial charge is 0.503 e. The second-order valence-corrected chi connectivity index (χ2v) is 8.13. The molecule has 2 atom stereocenters. The van der Waals surface area contributed by atoms with E-state index in [-0.39, 0.29) is 17.5 Å². The van der Waals surface area contributed by atoms with Crippen molar-refractivity contribution < 1.29 is 28.9 Å². The lowest BCUT2D eigenvalue weighted by Gasteiger charge is -2.29. The molecule has 0 aliphatic carbocycles. The first-order chi connectivity index (χ1) is 14.5. The Morgan fingerprint density at radius 1 is 1.27 bits per heavy atom. The summed E-state index contributed by atoms with van der Waals surface area (Å²) in [7, 11) is 3.06. The Morgan fingerprint density at radius 2 is 2.07 bits per heavy atom. The molecule has 3 heterocycles. The van der Waals surface area contributed by atoms with Crippen LogP contribution in [0.3, 0.4) is 0 Å². The van der Waals surface area contributed by atoms with Crippen molar-refractivity contribution in [2.45, 2.75) is 25.0 Å². The molecule has 2 aliphatic heterocycles. The summed E-state index contributed by atoms with van der Waals surface area (Å²) >= 11 is 1.27. The average molecular weight is 429 g/mol. The Balaban J connectivity index is 1.79. The van der Waals surface area contributed by atoms with Gasteiger partial charge in [0, 0.05) is 13.2 Å². The fourth-order valence-electron chi connectivity index (χ4n) is 3.99. The molecule has 1 N–H and O–H groups in total. The predicted octanol–water partition coefficient (Wildman–Crippen LogP) is 3.52. The lowest BCUT2D eigenvalue weighted by molar-refractivity contribution is -0.131. The van der Waals surface area contributed by atoms with Crippen LogP contribution in [0.5, 0.6) is 11.5 Å². The molecule has 2 aromatic rings. The van der Waals surface area contributed by atoms with Gasteiger partial charge in [0.2, 0.25) is 5.78 Å². The highest BCUT2D eigenvalue weighted by Crippen LogP contribution is 2.42. The second kappa shape index (κ2) is 8.49. The minimum absolute atomic E-state index is 0.0765. The van der Waals surface area contributed by atoms with Crippen molar-refractivity contribution in [2.24, 2.45) is 0 Å². The highest BCUT2D eigenvalue weighted by molar-refractivity contribution is 7.12. The van der Waals surface area contributed by atoms with E-state index in [2.05, 4.69) is 0 Å². The van der Waals surface area contributed by atoms with E-state index < -0.39 is 17.7 Å². The molecule has 0 radical (unpaired) electrons. The van der Waals surface area contributed by atoms with Crippen LogP contribution in [-0.4, -0.2) is 55.2 Å². The zero-order valence-corrected chi connectivity index (χ0v) is 17.6. The van der Waals surface area contributed by atoms with Crippen molar-refractivity contribution in [3.05, 3.63) is 57.5 Å². The second-order valence-electron chi connectivity index (χ2n) is 7.18. The summed E-state index contributed by atoms with van der Waals surface area (Å²) in [6.45, 7) is 0.942. The van der Waals surface area contributed by atoms with Crippen LogP contribution in [0.25, 0.3) is 0 Å². The van der Waals surface area contributed by atoms with Crippen LogP contribution in [0.1, 0.15) is 34.1 Å². The molecule has 1 saturated heterocycles. The number of nitrogens with zero attached hydrogens (tertiary/aromatic N) is 1. The maximum Gasteiger partial charge on any atom is 0.290 e. The van der Waals surface area contributed by atoms with Gasteiger partial charge in [-0.25, -0.2) is 0 Å². The zero-order chi connectivity index (χ0) is 21.3. The van der Waals surface area contributed by atoms with Gasteiger partial charge in [0.25, 0.3) is 5.91 Å². The molecule has 2 aliphatic rings. The SMILES string of the molecule is COc1ccc([C@H]2C(C(=O)c3cccs3)=C(O)C(=O)N2C[C@H]2CCCO2)cc1OC. The van der Waals surface area contributed by atoms with Gasteiger partial charge in [-0.2, -0.15) is 0 Å². The van der Waals surface area contributed by atoms with Gasteiger partial charge in [0.05, 0.1) is 36.8 Å². The molecule has 0 bridgehead atoms. The Bertz CT molecular complexity index is 978. The van der Waals surface area contributed by atoms with Crippen molar-refractivity contribution in [2.75, 3.05) is 27.4 Å². The third-order valence-electron chi connectivity index (χ3n) is 5.44. The maximum atomic E-state index is 13.2. The van der Waals surface area contributed by atoms with Gasteiger partial charge in [-0.3, -0.25) is 9.59 Å². The van der Waals surface area contributed by atoms with Gasteiger partial charge in [0.15, 0.2) is 17.3 Å². The zero-order valence-electron chi connectivity index (χ0n) is 16.8. The number of hydrogen-bond donors (Lipinski definition) is 1. The Hall–Kier alpha value is -2.84. The smallest absolute Gasteiger partial charge is 0.290 e. The number of carbonyl (C=O) groups is 2. The highest BCUT2D eigenvalue weighted by Gasteiger charge is 2.45. The standard InChI is InChI=1S/C22H23NO6S/c1-27-15-8-7-13(11-16(15)28-2)19-18(20(24)17-6-4-10-30-17)21(25)22(26)23(19)12-14-5-3-9-29-14/h4,6-8,10-11,14,19,25H,3,5,9,12H2,1-2H3/t14-,19+/m1/s1. The van der Waals surface area contributed by atoms with Gasteiger partial charge in [-0.05, 0) is 42.0 Å². The molecular formula is C22H23NO6S. The van der Waals surface area contributed by atoms with Crippen LogP contribution in [0, 0.1) is 0 Å². The molecule has 7 nitrogen and oxygen atoms in total. The summed E-state index contributed by atoms with van der Waals surface area (Å²) in [5, 5.41) is 12.5. The number of Topliss-reactive ketones (excluding diaryl/α,β-unsaturated/α-hetero) is 1. The van der Waals surface area contributed by atoms with Gasteiger partial charge in [-0.15, -0.1) is 11.3 Å².